The van der Waals surface area contributed by atoms with Crippen molar-refractivity contribution in [3.63, 3.8) is 0 Å². The molecule has 0 amide bonds. The van der Waals surface area contributed by atoms with Crippen molar-refractivity contribution in [3.05, 3.63) is 53.3 Å². The minimum absolute atomic E-state index is 0.0743. The van der Waals surface area contributed by atoms with Gasteiger partial charge in [0.2, 0.25) is 11.5 Å². The molecule has 30 heavy (non-hydrogen) atoms. The first-order valence-electron chi connectivity index (χ1n) is 11.1. The van der Waals surface area contributed by atoms with Crippen molar-refractivity contribution in [3.8, 4) is 0 Å². The van der Waals surface area contributed by atoms with E-state index < -0.39 is 0 Å². The smallest absolute Gasteiger partial charge is 0.249 e. The number of nitrogens with one attached hydrogen (secondary N) is 1. The third-order valence-electron chi connectivity index (χ3n) is 8.59. The molecule has 1 N–H and O–H groups in total. The molecule has 0 aliphatic heterocycles. The van der Waals surface area contributed by atoms with Crippen LogP contribution in [0, 0.1) is 5.41 Å². The highest BCUT2D eigenvalue weighted by Crippen LogP contribution is 2.61. The fourth-order valence-corrected chi connectivity index (χ4v) is 5.51. The highest BCUT2D eigenvalue weighted by atomic mass is 15.1. The second kappa shape index (κ2) is 5.43. The van der Waals surface area contributed by atoms with Crippen molar-refractivity contribution in [2.45, 2.75) is 78.6 Å². The van der Waals surface area contributed by atoms with Crippen molar-refractivity contribution < 1.29 is 4.40 Å². The SMILES string of the molecule is CC(C)(C)c1nc2ccccc2c2[nH]c3cc4c(cc3[n+]12)C(C)(C)C(C)(C)C4(C)C. The molecule has 4 aromatic rings. The zero-order valence-electron chi connectivity index (χ0n) is 19.9. The summed E-state index contributed by atoms with van der Waals surface area (Å²) in [4.78, 5) is 8.91. The Balaban J connectivity index is 1.99. The average molecular weight is 401 g/mol. The van der Waals surface area contributed by atoms with E-state index >= 15 is 0 Å². The first-order valence-corrected chi connectivity index (χ1v) is 11.1. The number of hydrogen-bond donors (Lipinski definition) is 1. The molecule has 0 atom stereocenters. The van der Waals surface area contributed by atoms with E-state index in [1.807, 2.05) is 0 Å². The monoisotopic (exact) mass is 400 g/mol. The first kappa shape index (κ1) is 19.5. The largest absolute Gasteiger partial charge is 0.269 e. The molecular formula is C27H34N3+. The number of aromatic nitrogens is 3. The molecule has 0 radical (unpaired) electrons. The fourth-order valence-electron chi connectivity index (χ4n) is 5.51. The standard InChI is InChI=1S/C27H33N3/c1-24(2,3)23-29-19-13-11-10-12-16(19)22-28-20-14-17-18(15-21(20)30(22)23)26(6,7)27(8,9)25(17,4)5/h10-15H,1-9H3/p+1. The van der Waals surface area contributed by atoms with Crippen LogP contribution in [0.1, 0.15) is 79.3 Å². The van der Waals surface area contributed by atoms with Crippen LogP contribution in [-0.2, 0) is 16.2 Å². The van der Waals surface area contributed by atoms with Crippen molar-refractivity contribution >= 4 is 27.6 Å². The lowest BCUT2D eigenvalue weighted by Gasteiger charge is -2.44. The molecule has 2 aromatic heterocycles. The highest BCUT2D eigenvalue weighted by molar-refractivity contribution is 5.92. The Kier molecular flexibility index (Phi) is 3.54. The van der Waals surface area contributed by atoms with E-state index in [1.165, 1.54) is 27.5 Å². The van der Waals surface area contributed by atoms with Crippen LogP contribution in [-0.4, -0.2) is 9.97 Å². The van der Waals surface area contributed by atoms with Crippen LogP contribution in [0.5, 0.6) is 0 Å². The molecule has 0 fully saturated rings. The van der Waals surface area contributed by atoms with Gasteiger partial charge in [-0.3, -0.25) is 4.98 Å². The van der Waals surface area contributed by atoms with E-state index in [9.17, 15) is 0 Å². The molecule has 1 aliphatic carbocycles. The lowest BCUT2D eigenvalue weighted by molar-refractivity contribution is -0.499. The summed E-state index contributed by atoms with van der Waals surface area (Å²) in [6.45, 7) is 21.2. The summed E-state index contributed by atoms with van der Waals surface area (Å²) in [6.07, 6.45) is 0. The summed E-state index contributed by atoms with van der Waals surface area (Å²) in [5, 5.41) is 1.17. The third-order valence-corrected chi connectivity index (χ3v) is 8.59. The molecule has 1 aliphatic rings. The van der Waals surface area contributed by atoms with Crippen LogP contribution in [0.2, 0.25) is 0 Å². The highest BCUT2D eigenvalue weighted by Gasteiger charge is 2.57. The Bertz CT molecular complexity index is 1340. The van der Waals surface area contributed by atoms with Gasteiger partial charge in [-0.1, -0.05) is 74.4 Å². The maximum absolute atomic E-state index is 5.13. The van der Waals surface area contributed by atoms with Gasteiger partial charge in [0.1, 0.15) is 11.0 Å². The number of fused-ring (bicyclic) bond motifs is 6. The summed E-state index contributed by atoms with van der Waals surface area (Å²) in [5.41, 5.74) is 7.79. The van der Waals surface area contributed by atoms with Crippen LogP contribution in [0.15, 0.2) is 36.4 Å². The molecule has 0 unspecified atom stereocenters. The van der Waals surface area contributed by atoms with Gasteiger partial charge in [-0.25, -0.2) is 0 Å². The van der Waals surface area contributed by atoms with Gasteiger partial charge in [-0.15, -0.1) is 4.98 Å². The maximum atomic E-state index is 5.13. The van der Waals surface area contributed by atoms with Crippen molar-refractivity contribution in [2.24, 2.45) is 5.41 Å². The van der Waals surface area contributed by atoms with Crippen molar-refractivity contribution in [1.29, 1.82) is 0 Å². The third kappa shape index (κ3) is 2.16. The molecule has 0 bridgehead atoms. The number of imidazole rings is 1. The first-order chi connectivity index (χ1) is 13.8. The van der Waals surface area contributed by atoms with Gasteiger partial charge in [0.05, 0.1) is 10.8 Å². The van der Waals surface area contributed by atoms with E-state index in [-0.39, 0.29) is 21.7 Å². The van der Waals surface area contributed by atoms with Gasteiger partial charge >= 0.3 is 0 Å². The molecule has 2 heterocycles. The lowest BCUT2D eigenvalue weighted by Crippen LogP contribution is -2.42. The van der Waals surface area contributed by atoms with Gasteiger partial charge < -0.3 is 0 Å². The van der Waals surface area contributed by atoms with Gasteiger partial charge in [0, 0.05) is 0 Å². The topological polar surface area (TPSA) is 32.8 Å². The maximum Gasteiger partial charge on any atom is 0.249 e. The van der Waals surface area contributed by atoms with Crippen LogP contribution >= 0.6 is 0 Å². The van der Waals surface area contributed by atoms with E-state index in [2.05, 4.69) is 108 Å². The molecule has 3 nitrogen and oxygen atoms in total. The van der Waals surface area contributed by atoms with Gasteiger partial charge in [0.15, 0.2) is 5.52 Å². The zero-order valence-corrected chi connectivity index (χ0v) is 19.9. The Morgan fingerprint density at radius 3 is 2.10 bits per heavy atom. The molecule has 156 valence electrons. The number of H-pyrrole nitrogens is 1. The molecular weight excluding hydrogens is 366 g/mol. The molecule has 5 rings (SSSR count). The summed E-state index contributed by atoms with van der Waals surface area (Å²) >= 11 is 0. The van der Waals surface area contributed by atoms with Crippen LogP contribution < -0.4 is 4.40 Å². The van der Waals surface area contributed by atoms with Gasteiger partial charge in [-0.05, 0) is 51.6 Å². The number of rotatable bonds is 0. The predicted molar refractivity (Wildman–Crippen MR) is 125 cm³/mol. The number of para-hydroxylation sites is 1. The molecule has 3 heteroatoms. The fraction of sp³-hybridized carbons (Fsp3) is 0.481. The van der Waals surface area contributed by atoms with E-state index in [0.717, 1.165) is 17.0 Å². The second-order valence-corrected chi connectivity index (χ2v) is 11.8. The Labute approximate surface area is 179 Å². The molecule has 0 saturated carbocycles. The minimum atomic E-state index is -0.0743. The lowest BCUT2D eigenvalue weighted by atomic mass is 9.59. The van der Waals surface area contributed by atoms with Gasteiger partial charge in [0.25, 0.3) is 0 Å². The van der Waals surface area contributed by atoms with Crippen LogP contribution in [0.4, 0.5) is 0 Å². The van der Waals surface area contributed by atoms with E-state index in [4.69, 9.17) is 4.98 Å². The van der Waals surface area contributed by atoms with Crippen LogP contribution in [0.25, 0.3) is 27.6 Å². The summed E-state index contributed by atoms with van der Waals surface area (Å²) in [7, 11) is 0. The Morgan fingerprint density at radius 2 is 1.47 bits per heavy atom. The van der Waals surface area contributed by atoms with Crippen molar-refractivity contribution in [1.82, 2.24) is 9.97 Å². The Hall–Kier alpha value is -2.42. The van der Waals surface area contributed by atoms with E-state index in [1.54, 1.807) is 0 Å². The van der Waals surface area contributed by atoms with E-state index in [0.29, 0.717) is 0 Å². The molecule has 0 saturated heterocycles. The summed E-state index contributed by atoms with van der Waals surface area (Å²) in [5.74, 6) is 1.09. The number of nitrogens with zero attached hydrogens (tertiary/aromatic N) is 2. The quantitative estimate of drug-likeness (QED) is 0.343. The number of aromatic amines is 1. The minimum Gasteiger partial charge on any atom is -0.269 e. The zero-order chi connectivity index (χ0) is 21.9. The Morgan fingerprint density at radius 1 is 0.867 bits per heavy atom. The number of hydrogen-bond acceptors (Lipinski definition) is 1. The van der Waals surface area contributed by atoms with Crippen molar-refractivity contribution in [2.75, 3.05) is 0 Å². The number of benzene rings is 2. The summed E-state index contributed by atoms with van der Waals surface area (Å²) < 4.78 is 2.37. The normalized spacial score (nSPS) is 19.6. The summed E-state index contributed by atoms with van der Waals surface area (Å²) in [6, 6.07) is 13.3. The van der Waals surface area contributed by atoms with Crippen LogP contribution in [0.3, 0.4) is 0 Å². The molecule has 2 aromatic carbocycles. The van der Waals surface area contributed by atoms with Gasteiger partial charge in [-0.2, -0.15) is 4.40 Å². The molecule has 0 spiro atoms. The second-order valence-electron chi connectivity index (χ2n) is 11.8. The average Bonchev–Trinajstić information content (AvgIpc) is 3.07. The predicted octanol–water partition coefficient (Wildman–Crippen LogP) is 6.35.